The third kappa shape index (κ3) is 4.26. The van der Waals surface area contributed by atoms with E-state index in [4.69, 9.17) is 35.9 Å². The molecular weight excluding hydrogens is 398 g/mol. The molecule has 0 unspecified atom stereocenters. The molecule has 9 heteroatoms. The summed E-state index contributed by atoms with van der Waals surface area (Å²) in [7, 11) is 0. The van der Waals surface area contributed by atoms with Crippen LogP contribution in [0.25, 0.3) is 0 Å². The van der Waals surface area contributed by atoms with Crippen LogP contribution in [-0.4, -0.2) is 79.1 Å². The van der Waals surface area contributed by atoms with Crippen LogP contribution >= 0.6 is 12.2 Å². The standard InChI is InChI=1S/C13H15NO4S.C7H12O3/c1-7-5-16-11-9(6-17-10(7)11)18-13(15)8-3-2-4-14-12(8)19;1-4-2-9-7-5(8)3-10-6(4)7/h2-4,7,9-11H,5-6H2,1H3,(H,14,19);4-8H,2-3H2,1H3/t7-,9+,10+,11+;4-,5+,6+,7+/m00/s1. The summed E-state index contributed by atoms with van der Waals surface area (Å²) in [6.45, 7) is 6.36. The predicted molar refractivity (Wildman–Crippen MR) is 104 cm³/mol. The zero-order valence-electron chi connectivity index (χ0n) is 16.5. The van der Waals surface area contributed by atoms with Crippen LogP contribution in [-0.2, 0) is 23.7 Å². The summed E-state index contributed by atoms with van der Waals surface area (Å²) in [6, 6.07) is 3.36. The van der Waals surface area contributed by atoms with Gasteiger partial charge in [-0.05, 0) is 12.1 Å². The molecule has 0 radical (unpaired) electrons. The number of fused-ring (bicyclic) bond motifs is 2. The molecule has 4 saturated heterocycles. The first-order chi connectivity index (χ1) is 14.0. The van der Waals surface area contributed by atoms with E-state index in [1.165, 1.54) is 0 Å². The molecule has 160 valence electrons. The van der Waals surface area contributed by atoms with Gasteiger partial charge in [0, 0.05) is 18.0 Å². The monoisotopic (exact) mass is 425 g/mol. The highest BCUT2D eigenvalue weighted by Gasteiger charge is 2.48. The first-order valence-corrected chi connectivity index (χ1v) is 10.4. The molecule has 1 aromatic heterocycles. The average molecular weight is 426 g/mol. The summed E-state index contributed by atoms with van der Waals surface area (Å²) in [5.74, 6) is 0.356. The van der Waals surface area contributed by atoms with Gasteiger partial charge in [0.05, 0.1) is 44.2 Å². The van der Waals surface area contributed by atoms with Gasteiger partial charge >= 0.3 is 5.97 Å². The Labute approximate surface area is 174 Å². The normalized spacial score (nSPS) is 40.1. The zero-order valence-corrected chi connectivity index (χ0v) is 17.3. The number of carbonyl (C=O) groups is 1. The fourth-order valence-electron chi connectivity index (χ4n) is 4.21. The van der Waals surface area contributed by atoms with Gasteiger partial charge in [-0.15, -0.1) is 0 Å². The van der Waals surface area contributed by atoms with Crippen molar-refractivity contribution in [1.82, 2.24) is 4.98 Å². The Morgan fingerprint density at radius 2 is 1.66 bits per heavy atom. The number of carbonyl (C=O) groups excluding carboxylic acids is 1. The number of H-pyrrole nitrogens is 1. The topological polar surface area (TPSA) is 99.2 Å². The number of nitrogens with one attached hydrogen (secondary N) is 1. The van der Waals surface area contributed by atoms with Gasteiger partial charge in [-0.2, -0.15) is 0 Å². The second-order valence-electron chi connectivity index (χ2n) is 8.07. The number of aromatic amines is 1. The van der Waals surface area contributed by atoms with Gasteiger partial charge in [0.2, 0.25) is 0 Å². The third-order valence-electron chi connectivity index (χ3n) is 5.83. The van der Waals surface area contributed by atoms with Crippen molar-refractivity contribution in [2.75, 3.05) is 26.4 Å². The summed E-state index contributed by atoms with van der Waals surface area (Å²) < 4.78 is 27.8. The number of ether oxygens (including phenoxy) is 5. The van der Waals surface area contributed by atoms with Crippen LogP contribution in [0.3, 0.4) is 0 Å². The minimum Gasteiger partial charge on any atom is -0.453 e. The van der Waals surface area contributed by atoms with Gasteiger partial charge in [0.15, 0.2) is 6.10 Å². The lowest BCUT2D eigenvalue weighted by Gasteiger charge is -2.16. The van der Waals surface area contributed by atoms with E-state index in [0.717, 1.165) is 6.61 Å². The van der Waals surface area contributed by atoms with E-state index in [-0.39, 0.29) is 30.5 Å². The molecule has 8 atom stereocenters. The summed E-state index contributed by atoms with van der Waals surface area (Å²) in [5.41, 5.74) is 0.368. The number of aromatic nitrogens is 1. The number of hydrogen-bond acceptors (Lipinski definition) is 8. The van der Waals surface area contributed by atoms with Gasteiger partial charge in [0.25, 0.3) is 0 Å². The van der Waals surface area contributed by atoms with Gasteiger partial charge in [0.1, 0.15) is 23.0 Å². The number of pyridine rings is 1. The predicted octanol–water partition coefficient (Wildman–Crippen LogP) is 1.48. The van der Waals surface area contributed by atoms with E-state index >= 15 is 0 Å². The fourth-order valence-corrected chi connectivity index (χ4v) is 4.43. The van der Waals surface area contributed by atoms with Crippen molar-refractivity contribution in [2.24, 2.45) is 11.8 Å². The maximum absolute atomic E-state index is 12.1. The van der Waals surface area contributed by atoms with Crippen molar-refractivity contribution in [2.45, 2.75) is 50.5 Å². The molecular formula is C20H27NO7S. The van der Waals surface area contributed by atoms with Crippen LogP contribution in [0, 0.1) is 16.5 Å². The van der Waals surface area contributed by atoms with Crippen molar-refractivity contribution in [3.8, 4) is 0 Å². The van der Waals surface area contributed by atoms with E-state index in [2.05, 4.69) is 18.8 Å². The maximum Gasteiger partial charge on any atom is 0.341 e. The average Bonchev–Trinajstić information content (AvgIpc) is 3.45. The Morgan fingerprint density at radius 3 is 2.34 bits per heavy atom. The molecule has 0 amide bonds. The molecule has 5 rings (SSSR count). The van der Waals surface area contributed by atoms with Crippen LogP contribution in [0.15, 0.2) is 18.3 Å². The second-order valence-corrected chi connectivity index (χ2v) is 8.48. The third-order valence-corrected chi connectivity index (χ3v) is 6.16. The number of aliphatic hydroxyl groups excluding tert-OH is 1. The fraction of sp³-hybridized carbons (Fsp3) is 0.700. The van der Waals surface area contributed by atoms with Crippen LogP contribution in [0.2, 0.25) is 0 Å². The highest BCUT2D eigenvalue weighted by molar-refractivity contribution is 7.71. The van der Waals surface area contributed by atoms with Crippen molar-refractivity contribution in [3.05, 3.63) is 28.5 Å². The molecule has 4 aliphatic rings. The van der Waals surface area contributed by atoms with Crippen LogP contribution in [0.4, 0.5) is 0 Å². The number of aliphatic hydroxyl groups is 1. The van der Waals surface area contributed by atoms with Gasteiger partial charge < -0.3 is 33.8 Å². The molecule has 0 bridgehead atoms. The molecule has 2 N–H and O–H groups in total. The second kappa shape index (κ2) is 8.79. The molecule has 8 nitrogen and oxygen atoms in total. The van der Waals surface area contributed by atoms with Gasteiger partial charge in [-0.1, -0.05) is 26.1 Å². The SMILES string of the molecule is C[C@H]1CO[C@H]2[C@@H]1OC[C@H]2O.C[C@H]1CO[C@H]2[C@@H]1OC[C@H]2OC(=O)c1ccc[nH]c1=S. The number of rotatable bonds is 2. The Morgan fingerprint density at radius 1 is 1.03 bits per heavy atom. The van der Waals surface area contributed by atoms with E-state index < -0.39 is 12.1 Å². The van der Waals surface area contributed by atoms with E-state index in [0.29, 0.717) is 41.9 Å². The lowest BCUT2D eigenvalue weighted by molar-refractivity contribution is -0.0159. The number of esters is 1. The summed E-state index contributed by atoms with van der Waals surface area (Å²) >= 11 is 5.06. The molecule has 1 aromatic rings. The number of hydrogen-bond donors (Lipinski definition) is 2. The summed E-state index contributed by atoms with van der Waals surface area (Å²) in [6.07, 6.45) is 0.913. The zero-order chi connectivity index (χ0) is 20.5. The van der Waals surface area contributed by atoms with Gasteiger partial charge in [-0.3, -0.25) is 0 Å². The highest BCUT2D eigenvalue weighted by atomic mass is 32.1. The maximum atomic E-state index is 12.1. The minimum absolute atomic E-state index is 0.0307. The minimum atomic E-state index is -0.431. The lowest BCUT2D eigenvalue weighted by atomic mass is 10.0. The molecule has 29 heavy (non-hydrogen) atoms. The van der Waals surface area contributed by atoms with E-state index in [1.54, 1.807) is 18.3 Å². The molecule has 5 heterocycles. The van der Waals surface area contributed by atoms with Crippen LogP contribution < -0.4 is 0 Å². The Bertz CT molecular complexity index is 770. The molecule has 4 fully saturated rings. The molecule has 0 aliphatic carbocycles. The quantitative estimate of drug-likeness (QED) is 0.543. The lowest BCUT2D eigenvalue weighted by Crippen LogP contribution is -2.33. The van der Waals surface area contributed by atoms with E-state index in [9.17, 15) is 9.90 Å². The van der Waals surface area contributed by atoms with Gasteiger partial charge in [-0.25, -0.2) is 4.79 Å². The molecule has 4 aliphatic heterocycles. The Balaban J connectivity index is 0.000000171. The molecule has 0 spiro atoms. The van der Waals surface area contributed by atoms with Crippen molar-refractivity contribution < 1.29 is 33.6 Å². The smallest absolute Gasteiger partial charge is 0.341 e. The highest BCUT2D eigenvalue weighted by Crippen LogP contribution is 2.32. The van der Waals surface area contributed by atoms with Crippen LogP contribution in [0.5, 0.6) is 0 Å². The molecule has 0 saturated carbocycles. The van der Waals surface area contributed by atoms with Crippen molar-refractivity contribution in [1.29, 1.82) is 0 Å². The largest absolute Gasteiger partial charge is 0.453 e. The summed E-state index contributed by atoms with van der Waals surface area (Å²) in [4.78, 5) is 14.9. The molecule has 0 aromatic carbocycles. The first-order valence-electron chi connectivity index (χ1n) is 9.99. The van der Waals surface area contributed by atoms with Crippen molar-refractivity contribution >= 4 is 18.2 Å². The summed E-state index contributed by atoms with van der Waals surface area (Å²) in [5, 5.41) is 9.27. The van der Waals surface area contributed by atoms with E-state index in [1.807, 2.05) is 0 Å². The Kier molecular flexibility index (Phi) is 6.33. The first kappa shape index (κ1) is 20.9. The van der Waals surface area contributed by atoms with Crippen molar-refractivity contribution in [3.63, 3.8) is 0 Å². The van der Waals surface area contributed by atoms with Crippen LogP contribution in [0.1, 0.15) is 24.2 Å². The Hall–Kier alpha value is -1.36.